The number of nitrogens with zero attached hydrogens (tertiary/aromatic N) is 3. The van der Waals surface area contributed by atoms with Gasteiger partial charge in [0.2, 0.25) is 0 Å². The quantitative estimate of drug-likeness (QED) is 0.469. The van der Waals surface area contributed by atoms with E-state index < -0.39 is 49.0 Å². The lowest BCUT2D eigenvalue weighted by Gasteiger charge is -2.24. The molecule has 14 heteroatoms. The highest BCUT2D eigenvalue weighted by Crippen LogP contribution is 2.41. The Balaban J connectivity index is 1.84. The van der Waals surface area contributed by atoms with Crippen LogP contribution in [-0.4, -0.2) is 51.1 Å². The van der Waals surface area contributed by atoms with Crippen LogP contribution in [0.3, 0.4) is 0 Å². The van der Waals surface area contributed by atoms with Crippen molar-refractivity contribution in [3.63, 3.8) is 0 Å². The Bertz CT molecular complexity index is 1070. The first-order valence-electron chi connectivity index (χ1n) is 10.5. The van der Waals surface area contributed by atoms with Crippen LogP contribution in [-0.2, 0) is 9.47 Å². The van der Waals surface area contributed by atoms with Crippen molar-refractivity contribution in [2.75, 3.05) is 6.61 Å². The first-order valence-corrected chi connectivity index (χ1v) is 10.9. The van der Waals surface area contributed by atoms with E-state index in [1.165, 1.54) is 18.2 Å². The van der Waals surface area contributed by atoms with E-state index in [9.17, 15) is 27.2 Å². The molecule has 0 aliphatic heterocycles. The van der Waals surface area contributed by atoms with Gasteiger partial charge in [0.05, 0.1) is 11.1 Å². The summed E-state index contributed by atoms with van der Waals surface area (Å²) in [6.07, 6.45) is -3.53. The Morgan fingerprint density at radius 1 is 1.20 bits per heavy atom. The van der Waals surface area contributed by atoms with Gasteiger partial charge in [-0.3, -0.25) is 0 Å². The molecule has 0 bridgehead atoms. The molecule has 1 aliphatic rings. The molecule has 192 valence electrons. The molecule has 0 radical (unpaired) electrons. The number of halogens is 5. The number of ether oxygens (including phenoxy) is 2. The van der Waals surface area contributed by atoms with Gasteiger partial charge < -0.3 is 20.1 Å². The number of alkyl halides is 4. The minimum atomic E-state index is -2.99. The summed E-state index contributed by atoms with van der Waals surface area (Å²) >= 11 is 6.19. The lowest BCUT2D eigenvalue weighted by atomic mass is 10.0. The van der Waals surface area contributed by atoms with E-state index in [4.69, 9.17) is 21.1 Å². The van der Waals surface area contributed by atoms with Crippen molar-refractivity contribution in [3.8, 4) is 11.4 Å². The van der Waals surface area contributed by atoms with E-state index in [2.05, 4.69) is 20.7 Å². The standard InChI is InChI=1S/C21H24ClF4N5O4/c1-20(2,3)35-18(32)29-14(9-34-19(33)30-21(6-7-21)16(23)24)11-4-5-13(22)12(8-11)15-27-10-28-31(15)17(25)26/h4-5,8,10,14,16-17H,6-7,9H2,1-3H3,(H,29,32)(H,30,33)/t14-/m1/s1. The predicted octanol–water partition coefficient (Wildman–Crippen LogP) is 5.08. The zero-order valence-electron chi connectivity index (χ0n) is 19.0. The van der Waals surface area contributed by atoms with Crippen molar-refractivity contribution in [2.45, 2.75) is 63.8 Å². The van der Waals surface area contributed by atoms with E-state index in [1.54, 1.807) is 20.8 Å². The summed E-state index contributed by atoms with van der Waals surface area (Å²) in [5.41, 5.74) is -2.09. The highest BCUT2D eigenvalue weighted by Gasteiger charge is 2.52. The second-order valence-electron chi connectivity index (χ2n) is 8.92. The lowest BCUT2D eigenvalue weighted by Crippen LogP contribution is -2.43. The Labute approximate surface area is 203 Å². The van der Waals surface area contributed by atoms with E-state index in [0.29, 0.717) is 10.2 Å². The molecule has 0 spiro atoms. The maximum Gasteiger partial charge on any atom is 0.408 e. The maximum absolute atomic E-state index is 13.3. The zero-order chi connectivity index (χ0) is 26.0. The molecule has 0 unspecified atom stereocenters. The fourth-order valence-electron chi connectivity index (χ4n) is 3.12. The Kier molecular flexibility index (Phi) is 7.77. The van der Waals surface area contributed by atoms with Gasteiger partial charge in [0.1, 0.15) is 24.1 Å². The van der Waals surface area contributed by atoms with Crippen molar-refractivity contribution in [1.82, 2.24) is 25.4 Å². The molecular formula is C21H24ClF4N5O4. The summed E-state index contributed by atoms with van der Waals surface area (Å²) in [6.45, 7) is 1.46. The Morgan fingerprint density at radius 2 is 1.89 bits per heavy atom. The third kappa shape index (κ3) is 6.74. The zero-order valence-corrected chi connectivity index (χ0v) is 19.8. The maximum atomic E-state index is 13.3. The number of hydrogen-bond donors (Lipinski definition) is 2. The van der Waals surface area contributed by atoms with Crippen LogP contribution in [0, 0.1) is 0 Å². The van der Waals surface area contributed by atoms with E-state index >= 15 is 0 Å². The predicted molar refractivity (Wildman–Crippen MR) is 116 cm³/mol. The number of benzene rings is 1. The van der Waals surface area contributed by atoms with E-state index in [0.717, 1.165) is 6.33 Å². The molecule has 3 rings (SSSR count). The first-order chi connectivity index (χ1) is 16.3. The van der Waals surface area contributed by atoms with Gasteiger partial charge in [0.15, 0.2) is 5.82 Å². The molecule has 1 aromatic carbocycles. The number of amides is 2. The SMILES string of the molecule is CC(C)(C)OC(=O)N[C@H](COC(=O)NC1(C(F)F)CC1)c1ccc(Cl)c(-c2ncnn2C(F)F)c1. The van der Waals surface area contributed by atoms with Crippen molar-refractivity contribution >= 4 is 23.8 Å². The van der Waals surface area contributed by atoms with Crippen LogP contribution in [0.5, 0.6) is 0 Å². The Hall–Kier alpha value is -3.09. The fourth-order valence-corrected chi connectivity index (χ4v) is 3.32. The lowest BCUT2D eigenvalue weighted by molar-refractivity contribution is 0.0457. The molecule has 1 saturated carbocycles. The molecule has 9 nitrogen and oxygen atoms in total. The monoisotopic (exact) mass is 521 g/mol. The molecule has 2 amide bonds. The molecule has 2 aromatic rings. The highest BCUT2D eigenvalue weighted by atomic mass is 35.5. The van der Waals surface area contributed by atoms with Gasteiger partial charge >= 0.3 is 18.7 Å². The van der Waals surface area contributed by atoms with E-state index in [-0.39, 0.29) is 29.3 Å². The van der Waals surface area contributed by atoms with E-state index in [1.807, 2.05) is 0 Å². The Morgan fingerprint density at radius 3 is 2.46 bits per heavy atom. The summed E-state index contributed by atoms with van der Waals surface area (Å²) in [5, 5.41) is 8.23. The summed E-state index contributed by atoms with van der Waals surface area (Å²) in [5.74, 6) is -0.228. The summed E-state index contributed by atoms with van der Waals surface area (Å²) in [6, 6.07) is 3.18. The number of aromatic nitrogens is 3. The van der Waals surface area contributed by atoms with Crippen LogP contribution in [0.4, 0.5) is 27.2 Å². The number of alkyl carbamates (subject to hydrolysis) is 2. The average Bonchev–Trinajstić information content (AvgIpc) is 3.35. The molecule has 2 N–H and O–H groups in total. The van der Waals surface area contributed by atoms with Crippen LogP contribution in [0.15, 0.2) is 24.5 Å². The van der Waals surface area contributed by atoms with Gasteiger partial charge in [-0.15, -0.1) is 0 Å². The highest BCUT2D eigenvalue weighted by molar-refractivity contribution is 6.33. The second-order valence-corrected chi connectivity index (χ2v) is 9.33. The molecular weight excluding hydrogens is 498 g/mol. The number of carbonyl (C=O) groups excluding carboxylic acids is 2. The van der Waals surface area contributed by atoms with Gasteiger partial charge in [-0.05, 0) is 51.3 Å². The van der Waals surface area contributed by atoms with Crippen LogP contribution >= 0.6 is 11.6 Å². The van der Waals surface area contributed by atoms with Gasteiger partial charge in [0.25, 0.3) is 6.43 Å². The number of hydrogen-bond acceptors (Lipinski definition) is 6. The van der Waals surface area contributed by atoms with Gasteiger partial charge in [-0.25, -0.2) is 23.4 Å². The van der Waals surface area contributed by atoms with Gasteiger partial charge in [0, 0.05) is 5.56 Å². The van der Waals surface area contributed by atoms with Crippen LogP contribution in [0.25, 0.3) is 11.4 Å². The van der Waals surface area contributed by atoms with Gasteiger partial charge in [-0.2, -0.15) is 18.6 Å². The van der Waals surface area contributed by atoms with Crippen LogP contribution in [0.1, 0.15) is 51.8 Å². The molecule has 1 heterocycles. The molecule has 35 heavy (non-hydrogen) atoms. The molecule has 1 atom stereocenters. The molecule has 1 fully saturated rings. The van der Waals surface area contributed by atoms with Crippen LogP contribution in [0.2, 0.25) is 5.02 Å². The molecule has 1 aliphatic carbocycles. The minimum absolute atomic E-state index is 0.0749. The minimum Gasteiger partial charge on any atom is -0.447 e. The average molecular weight is 522 g/mol. The first kappa shape index (κ1) is 26.5. The van der Waals surface area contributed by atoms with Crippen molar-refractivity contribution in [2.24, 2.45) is 0 Å². The van der Waals surface area contributed by atoms with Crippen molar-refractivity contribution in [3.05, 3.63) is 35.1 Å². The van der Waals surface area contributed by atoms with Gasteiger partial charge in [-0.1, -0.05) is 17.7 Å². The topological polar surface area (TPSA) is 107 Å². The smallest absolute Gasteiger partial charge is 0.408 e. The number of rotatable bonds is 8. The van der Waals surface area contributed by atoms with Crippen molar-refractivity contribution in [1.29, 1.82) is 0 Å². The third-order valence-electron chi connectivity index (χ3n) is 5.02. The third-order valence-corrected chi connectivity index (χ3v) is 5.35. The fraction of sp³-hybridized carbons (Fsp3) is 0.524. The normalized spacial score (nSPS) is 15.6. The number of nitrogens with one attached hydrogen (secondary N) is 2. The molecule has 0 saturated heterocycles. The second kappa shape index (κ2) is 10.3. The molecule has 1 aromatic heterocycles. The van der Waals surface area contributed by atoms with Crippen LogP contribution < -0.4 is 10.6 Å². The summed E-state index contributed by atoms with van der Waals surface area (Å²) in [7, 11) is 0. The van der Waals surface area contributed by atoms with Crippen molar-refractivity contribution < 1.29 is 36.6 Å². The number of carbonyl (C=O) groups is 2. The summed E-state index contributed by atoms with van der Waals surface area (Å²) in [4.78, 5) is 28.4. The largest absolute Gasteiger partial charge is 0.447 e. The summed E-state index contributed by atoms with van der Waals surface area (Å²) < 4.78 is 63.5.